The normalized spacial score (nSPS) is 12.9. The van der Waals surface area contributed by atoms with Gasteiger partial charge in [0.1, 0.15) is 16.9 Å². The molecule has 0 aliphatic heterocycles. The molecule has 6 heteroatoms. The summed E-state index contributed by atoms with van der Waals surface area (Å²) in [7, 11) is 1.53. The predicted octanol–water partition coefficient (Wildman–Crippen LogP) is 4.58. The topological polar surface area (TPSA) is 73.9 Å². The van der Waals surface area contributed by atoms with Crippen LogP contribution in [0.4, 0.5) is 5.69 Å². The number of carbonyl (C=O) groups excluding carboxylic acids is 2. The molecule has 0 saturated carbocycles. The van der Waals surface area contributed by atoms with Gasteiger partial charge in [0, 0.05) is 12.8 Å². The molecule has 1 atom stereocenters. The second-order valence-corrected chi connectivity index (χ2v) is 6.63. The third-order valence-corrected chi connectivity index (χ3v) is 4.43. The van der Waals surface area contributed by atoms with Crippen LogP contribution < -0.4 is 10.1 Å². The highest BCUT2D eigenvalue weighted by atomic mass is 16.5. The molecule has 1 amide bonds. The molecule has 0 aromatic heterocycles. The number of hydrogen-bond donors (Lipinski definition) is 1. The average molecular weight is 379 g/mol. The summed E-state index contributed by atoms with van der Waals surface area (Å²) < 4.78 is 16.3. The zero-order valence-electron chi connectivity index (χ0n) is 17.2. The molecule has 1 aromatic carbocycles. The Kier molecular flexibility index (Phi) is 9.86. The third kappa shape index (κ3) is 6.86. The molecule has 1 N–H and O–H groups in total. The number of methoxy groups -OCH3 is 1. The van der Waals surface area contributed by atoms with Crippen LogP contribution in [0.5, 0.6) is 5.75 Å². The number of benzene rings is 1. The number of amides is 1. The van der Waals surface area contributed by atoms with Crippen LogP contribution in [0, 0.1) is 0 Å². The molecule has 152 valence electrons. The maximum absolute atomic E-state index is 12.7. The van der Waals surface area contributed by atoms with Crippen molar-refractivity contribution in [1.82, 2.24) is 0 Å². The quantitative estimate of drug-likeness (QED) is 0.425. The van der Waals surface area contributed by atoms with Crippen molar-refractivity contribution in [1.29, 1.82) is 0 Å². The smallest absolute Gasteiger partial charge is 0.341 e. The molecule has 0 fully saturated rings. The van der Waals surface area contributed by atoms with Gasteiger partial charge in [-0.2, -0.15) is 0 Å². The molecule has 0 radical (unpaired) electrons. The van der Waals surface area contributed by atoms with Gasteiger partial charge in [0.15, 0.2) is 0 Å². The Morgan fingerprint density at radius 2 is 1.81 bits per heavy atom. The molecule has 27 heavy (non-hydrogen) atoms. The van der Waals surface area contributed by atoms with Gasteiger partial charge in [-0.05, 0) is 44.9 Å². The van der Waals surface area contributed by atoms with Gasteiger partial charge in [0.2, 0.25) is 0 Å². The minimum atomic E-state index is -0.920. The van der Waals surface area contributed by atoms with E-state index in [2.05, 4.69) is 19.2 Å². The zero-order valence-corrected chi connectivity index (χ0v) is 17.2. The zero-order chi connectivity index (χ0) is 20.3. The molecule has 0 unspecified atom stereocenters. The van der Waals surface area contributed by atoms with E-state index >= 15 is 0 Å². The van der Waals surface area contributed by atoms with Gasteiger partial charge in [0.25, 0.3) is 5.91 Å². The molecule has 1 aromatic rings. The van der Waals surface area contributed by atoms with Crippen LogP contribution in [0.15, 0.2) is 18.2 Å². The molecular weight excluding hydrogens is 346 g/mol. The molecule has 0 spiro atoms. The third-order valence-electron chi connectivity index (χ3n) is 4.43. The summed E-state index contributed by atoms with van der Waals surface area (Å²) in [5.41, 5.74) is -0.111. The second-order valence-electron chi connectivity index (χ2n) is 6.63. The maximum atomic E-state index is 12.7. The molecule has 0 aliphatic carbocycles. The number of esters is 1. The van der Waals surface area contributed by atoms with Gasteiger partial charge >= 0.3 is 5.97 Å². The van der Waals surface area contributed by atoms with E-state index in [-0.39, 0.29) is 12.5 Å². The summed E-state index contributed by atoms with van der Waals surface area (Å²) in [6, 6.07) is 5.00. The van der Waals surface area contributed by atoms with Crippen molar-refractivity contribution in [3.8, 4) is 5.75 Å². The molecular formula is C21H33NO5. The Labute approximate surface area is 162 Å². The molecule has 1 rings (SSSR count). The Morgan fingerprint density at radius 3 is 2.41 bits per heavy atom. The number of carbonyl (C=O) groups is 2. The van der Waals surface area contributed by atoms with Crippen LogP contribution in [-0.4, -0.2) is 37.8 Å². The number of anilines is 1. The first kappa shape index (κ1) is 23.0. The minimum absolute atomic E-state index is 0.243. The van der Waals surface area contributed by atoms with Crippen LogP contribution in [0.3, 0.4) is 0 Å². The Bertz CT molecular complexity index is 617. The van der Waals surface area contributed by atoms with Crippen molar-refractivity contribution in [2.24, 2.45) is 0 Å². The van der Waals surface area contributed by atoms with Crippen molar-refractivity contribution in [3.05, 3.63) is 23.8 Å². The van der Waals surface area contributed by atoms with E-state index in [9.17, 15) is 9.59 Å². The monoisotopic (exact) mass is 379 g/mol. The van der Waals surface area contributed by atoms with E-state index in [0.29, 0.717) is 30.0 Å². The van der Waals surface area contributed by atoms with Gasteiger partial charge in [0.05, 0.1) is 13.2 Å². The summed E-state index contributed by atoms with van der Waals surface area (Å²) in [6.45, 7) is 8.44. The molecule has 0 heterocycles. The Hall–Kier alpha value is -2.08. The van der Waals surface area contributed by atoms with Crippen LogP contribution in [0.2, 0.25) is 0 Å². The molecule has 6 nitrogen and oxygen atoms in total. The SMILES string of the molecule is CCCCOc1ccc(NC(=O)[C@](C)(CCCC)OC)cc1C(=O)OCC. The second kappa shape index (κ2) is 11.6. The van der Waals surface area contributed by atoms with Crippen molar-refractivity contribution in [2.75, 3.05) is 25.6 Å². The van der Waals surface area contributed by atoms with E-state index in [0.717, 1.165) is 25.7 Å². The summed E-state index contributed by atoms with van der Waals surface area (Å²) in [4.78, 5) is 25.0. The molecule has 0 aliphatic rings. The lowest BCUT2D eigenvalue weighted by Crippen LogP contribution is -2.41. The van der Waals surface area contributed by atoms with Crippen LogP contribution in [0.25, 0.3) is 0 Å². The first-order valence-corrected chi connectivity index (χ1v) is 9.72. The number of hydrogen-bond acceptors (Lipinski definition) is 5. The first-order chi connectivity index (χ1) is 12.9. The van der Waals surface area contributed by atoms with Gasteiger partial charge in [-0.3, -0.25) is 4.79 Å². The van der Waals surface area contributed by atoms with E-state index in [4.69, 9.17) is 14.2 Å². The summed E-state index contributed by atoms with van der Waals surface area (Å²) in [6.07, 6.45) is 4.37. The summed E-state index contributed by atoms with van der Waals surface area (Å²) >= 11 is 0. The first-order valence-electron chi connectivity index (χ1n) is 9.72. The Balaban J connectivity index is 3.02. The average Bonchev–Trinajstić information content (AvgIpc) is 2.67. The summed E-state index contributed by atoms with van der Waals surface area (Å²) in [5.74, 6) is -0.256. The fourth-order valence-corrected chi connectivity index (χ4v) is 2.51. The van der Waals surface area contributed by atoms with Crippen LogP contribution in [0.1, 0.15) is 70.2 Å². The summed E-state index contributed by atoms with van der Waals surface area (Å²) in [5, 5.41) is 2.85. The van der Waals surface area contributed by atoms with Crippen LogP contribution in [-0.2, 0) is 14.3 Å². The predicted molar refractivity (Wildman–Crippen MR) is 106 cm³/mol. The number of rotatable bonds is 12. The molecule has 0 bridgehead atoms. The van der Waals surface area contributed by atoms with Crippen molar-refractivity contribution in [3.63, 3.8) is 0 Å². The van der Waals surface area contributed by atoms with Crippen molar-refractivity contribution < 1.29 is 23.8 Å². The highest BCUT2D eigenvalue weighted by Crippen LogP contribution is 2.26. The standard InChI is InChI=1S/C21H33NO5/c1-6-9-13-21(4,25-5)20(24)22-16-11-12-18(27-14-10-7-2)17(15-16)19(23)26-8-3/h11-12,15H,6-10,13-14H2,1-5H3,(H,22,24)/t21-/m0/s1. The van der Waals surface area contributed by atoms with Gasteiger partial charge in [-0.1, -0.05) is 33.1 Å². The fourth-order valence-electron chi connectivity index (χ4n) is 2.51. The van der Waals surface area contributed by atoms with Crippen LogP contribution >= 0.6 is 0 Å². The lowest BCUT2D eigenvalue weighted by Gasteiger charge is -2.27. The van der Waals surface area contributed by atoms with Gasteiger partial charge in [-0.25, -0.2) is 4.79 Å². The van der Waals surface area contributed by atoms with E-state index in [1.54, 1.807) is 32.0 Å². The van der Waals surface area contributed by atoms with E-state index < -0.39 is 11.6 Å². The Morgan fingerprint density at radius 1 is 1.11 bits per heavy atom. The van der Waals surface area contributed by atoms with Crippen molar-refractivity contribution in [2.45, 2.75) is 65.4 Å². The van der Waals surface area contributed by atoms with Crippen molar-refractivity contribution >= 4 is 17.6 Å². The van der Waals surface area contributed by atoms with E-state index in [1.807, 2.05) is 0 Å². The highest BCUT2D eigenvalue weighted by molar-refractivity contribution is 5.99. The maximum Gasteiger partial charge on any atom is 0.341 e. The lowest BCUT2D eigenvalue weighted by molar-refractivity contribution is -0.136. The van der Waals surface area contributed by atoms with Gasteiger partial charge < -0.3 is 19.5 Å². The largest absolute Gasteiger partial charge is 0.493 e. The number of nitrogens with one attached hydrogen (secondary N) is 1. The molecule has 0 saturated heterocycles. The van der Waals surface area contributed by atoms with E-state index in [1.165, 1.54) is 7.11 Å². The lowest BCUT2D eigenvalue weighted by atomic mass is 9.97. The fraction of sp³-hybridized carbons (Fsp3) is 0.619. The minimum Gasteiger partial charge on any atom is -0.493 e. The van der Waals surface area contributed by atoms with Gasteiger partial charge in [-0.15, -0.1) is 0 Å². The highest BCUT2D eigenvalue weighted by Gasteiger charge is 2.32. The number of unbranched alkanes of at least 4 members (excludes halogenated alkanes) is 2. The number of ether oxygens (including phenoxy) is 3.